The molecule has 162 valence electrons. The van der Waals surface area contributed by atoms with Crippen LogP contribution in [0, 0.1) is 3.57 Å². The van der Waals surface area contributed by atoms with Crippen molar-refractivity contribution in [2.24, 2.45) is 4.99 Å². The van der Waals surface area contributed by atoms with Gasteiger partial charge in [0.25, 0.3) is 0 Å². The summed E-state index contributed by atoms with van der Waals surface area (Å²) in [7, 11) is 2.78. The molecule has 31 heavy (non-hydrogen) atoms. The highest BCUT2D eigenvalue weighted by molar-refractivity contribution is 14.1. The zero-order valence-electron chi connectivity index (χ0n) is 17.6. The lowest BCUT2D eigenvalue weighted by Gasteiger charge is -2.12. The average Bonchev–Trinajstić information content (AvgIpc) is 3.12. The molecule has 0 spiro atoms. The van der Waals surface area contributed by atoms with Crippen LogP contribution in [0.1, 0.15) is 36.5 Å². The summed E-state index contributed by atoms with van der Waals surface area (Å²) >= 11 is 2.07. The van der Waals surface area contributed by atoms with Gasteiger partial charge in [-0.3, -0.25) is 0 Å². The van der Waals surface area contributed by atoms with E-state index in [0.29, 0.717) is 26.6 Å². The first-order valence-corrected chi connectivity index (χ1v) is 10.6. The number of rotatable bonds is 7. The summed E-state index contributed by atoms with van der Waals surface area (Å²) < 4.78 is 21.5. The molecule has 0 unspecified atom stereocenters. The lowest BCUT2D eigenvalue weighted by molar-refractivity contribution is -0.143. The molecular weight excluding hydrogens is 513 g/mol. The predicted molar refractivity (Wildman–Crippen MR) is 124 cm³/mol. The minimum Gasteiger partial charge on any atom is -0.493 e. The van der Waals surface area contributed by atoms with Crippen molar-refractivity contribution >= 4 is 46.5 Å². The number of nitrogens with zero attached hydrogens (tertiary/aromatic N) is 1. The van der Waals surface area contributed by atoms with Gasteiger partial charge in [-0.05, 0) is 70.0 Å². The monoisotopic (exact) mass is 535 g/mol. The van der Waals surface area contributed by atoms with Crippen LogP contribution in [0.5, 0.6) is 11.5 Å². The van der Waals surface area contributed by atoms with E-state index in [2.05, 4.69) is 46.2 Å². The van der Waals surface area contributed by atoms with Gasteiger partial charge in [-0.25, -0.2) is 14.6 Å². The van der Waals surface area contributed by atoms with Crippen LogP contribution in [0.25, 0.3) is 6.08 Å². The molecule has 0 amide bonds. The smallest absolute Gasteiger partial charge is 0.363 e. The molecule has 0 saturated heterocycles. The summed E-state index contributed by atoms with van der Waals surface area (Å²) in [5.74, 6) is 0.492. The van der Waals surface area contributed by atoms with E-state index in [1.807, 2.05) is 24.3 Å². The lowest BCUT2D eigenvalue weighted by Crippen LogP contribution is -2.13. The summed E-state index contributed by atoms with van der Waals surface area (Å²) in [6.45, 7) is 3.99. The summed E-state index contributed by atoms with van der Waals surface area (Å²) in [6, 6.07) is 11.3. The van der Waals surface area contributed by atoms with Crippen molar-refractivity contribution in [3.63, 3.8) is 0 Å². The zero-order chi connectivity index (χ0) is 22.5. The number of hydrogen-bond donors (Lipinski definition) is 0. The van der Waals surface area contributed by atoms with E-state index in [1.54, 1.807) is 18.2 Å². The Morgan fingerprint density at radius 3 is 2.52 bits per heavy atom. The number of halogens is 1. The average molecular weight is 535 g/mol. The summed E-state index contributed by atoms with van der Waals surface area (Å²) in [5.41, 5.74) is 2.79. The zero-order valence-corrected chi connectivity index (χ0v) is 19.8. The van der Waals surface area contributed by atoms with Crippen molar-refractivity contribution in [3.05, 3.63) is 62.4 Å². The van der Waals surface area contributed by atoms with Gasteiger partial charge in [-0.1, -0.05) is 26.0 Å². The Morgan fingerprint density at radius 1 is 1.19 bits per heavy atom. The normalized spacial score (nSPS) is 14.5. The van der Waals surface area contributed by atoms with Crippen LogP contribution in [0.4, 0.5) is 0 Å². The number of benzene rings is 2. The maximum Gasteiger partial charge on any atom is 0.363 e. The van der Waals surface area contributed by atoms with Gasteiger partial charge in [0.2, 0.25) is 5.90 Å². The van der Waals surface area contributed by atoms with Crippen LogP contribution in [0.15, 0.2) is 47.1 Å². The lowest BCUT2D eigenvalue weighted by atomic mass is 10.0. The summed E-state index contributed by atoms with van der Waals surface area (Å²) in [6.07, 6.45) is 1.62. The quantitative estimate of drug-likeness (QED) is 0.299. The van der Waals surface area contributed by atoms with Crippen molar-refractivity contribution in [2.45, 2.75) is 19.8 Å². The van der Waals surface area contributed by atoms with E-state index in [-0.39, 0.29) is 18.2 Å². The summed E-state index contributed by atoms with van der Waals surface area (Å²) in [5, 5.41) is 0. The van der Waals surface area contributed by atoms with Crippen molar-refractivity contribution in [1.82, 2.24) is 0 Å². The van der Waals surface area contributed by atoms with Gasteiger partial charge in [-0.2, -0.15) is 0 Å². The Labute approximate surface area is 194 Å². The molecule has 0 saturated carbocycles. The maximum atomic E-state index is 12.3. The number of methoxy groups -OCH3 is 2. The van der Waals surface area contributed by atoms with E-state index in [0.717, 1.165) is 5.56 Å². The number of carbonyl (C=O) groups is 2. The van der Waals surface area contributed by atoms with Gasteiger partial charge < -0.3 is 18.9 Å². The number of aliphatic imine (C=N–C) groups is 1. The SMILES string of the molecule is COC(=O)COc1c(I)cc(/C=C2\N=C(c3ccc(C(C)C)cc3)OC2=O)cc1OC. The third-order valence-corrected chi connectivity index (χ3v) is 5.36. The molecule has 7 nitrogen and oxygen atoms in total. The maximum absolute atomic E-state index is 12.3. The molecule has 2 aromatic rings. The topological polar surface area (TPSA) is 83.4 Å². The second-order valence-corrected chi connectivity index (χ2v) is 8.17. The van der Waals surface area contributed by atoms with Crippen LogP contribution in [0.3, 0.4) is 0 Å². The number of hydrogen-bond acceptors (Lipinski definition) is 7. The van der Waals surface area contributed by atoms with Gasteiger partial charge in [0.1, 0.15) is 0 Å². The van der Waals surface area contributed by atoms with Crippen molar-refractivity contribution in [1.29, 1.82) is 0 Å². The molecule has 0 fully saturated rings. The fourth-order valence-electron chi connectivity index (χ4n) is 2.85. The van der Waals surface area contributed by atoms with Gasteiger partial charge in [0.15, 0.2) is 23.8 Å². The van der Waals surface area contributed by atoms with Gasteiger partial charge in [0, 0.05) is 5.56 Å². The molecule has 1 aliphatic rings. The number of esters is 2. The number of ether oxygens (including phenoxy) is 4. The Morgan fingerprint density at radius 2 is 1.90 bits per heavy atom. The van der Waals surface area contributed by atoms with Crippen LogP contribution in [-0.4, -0.2) is 38.7 Å². The molecule has 0 atom stereocenters. The first-order valence-electron chi connectivity index (χ1n) is 9.52. The van der Waals surface area contributed by atoms with Crippen molar-refractivity contribution in [2.75, 3.05) is 20.8 Å². The molecule has 0 radical (unpaired) electrons. The molecule has 0 N–H and O–H groups in total. The second kappa shape index (κ2) is 9.95. The van der Waals surface area contributed by atoms with Crippen molar-refractivity contribution < 1.29 is 28.5 Å². The fourth-order valence-corrected chi connectivity index (χ4v) is 3.64. The summed E-state index contributed by atoms with van der Waals surface area (Å²) in [4.78, 5) is 28.1. The molecule has 1 aliphatic heterocycles. The van der Waals surface area contributed by atoms with E-state index in [4.69, 9.17) is 14.2 Å². The standard InChI is InChI=1S/C23H22INO6/c1-13(2)15-5-7-16(8-6-15)22-25-18(23(27)31-22)10-14-9-17(24)21(19(11-14)28-3)30-12-20(26)29-4/h5-11,13H,12H2,1-4H3/b18-10-. The fraction of sp³-hybridized carbons (Fsp3) is 0.261. The molecule has 3 rings (SSSR count). The molecule has 2 aromatic carbocycles. The van der Waals surface area contributed by atoms with Crippen molar-refractivity contribution in [3.8, 4) is 11.5 Å². The van der Waals surface area contributed by atoms with E-state index < -0.39 is 11.9 Å². The van der Waals surface area contributed by atoms with Crippen LogP contribution < -0.4 is 9.47 Å². The molecule has 8 heteroatoms. The first-order chi connectivity index (χ1) is 14.8. The molecule has 0 bridgehead atoms. The minimum absolute atomic E-state index is 0.184. The van der Waals surface area contributed by atoms with Gasteiger partial charge >= 0.3 is 11.9 Å². The van der Waals surface area contributed by atoms with Crippen LogP contribution in [-0.2, 0) is 19.1 Å². The third-order valence-electron chi connectivity index (χ3n) is 4.56. The molecular formula is C23H22INO6. The highest BCUT2D eigenvalue weighted by Crippen LogP contribution is 2.35. The molecule has 1 heterocycles. The second-order valence-electron chi connectivity index (χ2n) is 7.01. The Bertz CT molecular complexity index is 1060. The first kappa shape index (κ1) is 22.8. The van der Waals surface area contributed by atoms with E-state index in [1.165, 1.54) is 19.8 Å². The van der Waals surface area contributed by atoms with E-state index >= 15 is 0 Å². The Hall–Kier alpha value is -2.88. The van der Waals surface area contributed by atoms with Crippen LogP contribution >= 0.6 is 22.6 Å². The third kappa shape index (κ3) is 5.43. The highest BCUT2D eigenvalue weighted by Gasteiger charge is 2.24. The predicted octanol–water partition coefficient (Wildman–Crippen LogP) is 4.32. The number of cyclic esters (lactones) is 1. The largest absolute Gasteiger partial charge is 0.493 e. The Kier molecular flexibility index (Phi) is 7.32. The molecule has 0 aromatic heterocycles. The van der Waals surface area contributed by atoms with Gasteiger partial charge in [-0.15, -0.1) is 0 Å². The Balaban J connectivity index is 1.87. The van der Waals surface area contributed by atoms with E-state index in [9.17, 15) is 9.59 Å². The van der Waals surface area contributed by atoms with Gasteiger partial charge in [0.05, 0.1) is 17.8 Å². The minimum atomic E-state index is -0.525. The molecule has 0 aliphatic carbocycles. The number of carbonyl (C=O) groups excluding carboxylic acids is 2. The van der Waals surface area contributed by atoms with Crippen LogP contribution in [0.2, 0.25) is 0 Å². The highest BCUT2D eigenvalue weighted by atomic mass is 127.